The lowest BCUT2D eigenvalue weighted by Crippen LogP contribution is -2.41. The van der Waals surface area contributed by atoms with E-state index in [1.807, 2.05) is 32.0 Å². The Labute approximate surface area is 177 Å². The van der Waals surface area contributed by atoms with Crippen LogP contribution in [0.4, 0.5) is 5.69 Å². The molecule has 0 spiro atoms. The molecule has 0 unspecified atom stereocenters. The first-order chi connectivity index (χ1) is 13.6. The smallest absolute Gasteiger partial charge is 0.241 e. The van der Waals surface area contributed by atoms with Gasteiger partial charge in [0.25, 0.3) is 0 Å². The number of nitrogens with one attached hydrogen (secondary N) is 1. The second-order valence-corrected chi connectivity index (χ2v) is 9.30. The molecule has 158 valence electrons. The molecule has 0 radical (unpaired) electrons. The topological polar surface area (TPSA) is 75.7 Å². The molecule has 0 fully saturated rings. The minimum atomic E-state index is -3.66. The number of halogens is 1. The van der Waals surface area contributed by atoms with Gasteiger partial charge in [0.1, 0.15) is 12.3 Å². The standard InChI is InChI=1S/C21H27ClN2O4S/c1-6-18(16-7-10-20(28-4)15(3)11-16)23-21(25)13-24(29(5,26)27)19-9-8-17(22)12-14(19)2/h7-12,18H,6,13H2,1-5H3,(H,23,25)/t18-/m1/s1. The van der Waals surface area contributed by atoms with Crippen LogP contribution in [0.5, 0.6) is 5.75 Å². The van der Waals surface area contributed by atoms with Crippen LogP contribution in [0.3, 0.4) is 0 Å². The fraction of sp³-hybridized carbons (Fsp3) is 0.381. The molecule has 0 bridgehead atoms. The van der Waals surface area contributed by atoms with Gasteiger partial charge in [-0.05, 0) is 61.2 Å². The molecule has 2 rings (SSSR count). The number of carbonyl (C=O) groups is 1. The van der Waals surface area contributed by atoms with Crippen molar-refractivity contribution in [2.24, 2.45) is 0 Å². The van der Waals surface area contributed by atoms with Gasteiger partial charge < -0.3 is 10.1 Å². The lowest BCUT2D eigenvalue weighted by Gasteiger charge is -2.25. The lowest BCUT2D eigenvalue weighted by atomic mass is 10.0. The predicted molar refractivity (Wildman–Crippen MR) is 117 cm³/mol. The first-order valence-electron chi connectivity index (χ1n) is 9.24. The van der Waals surface area contributed by atoms with Crippen LogP contribution in [0.15, 0.2) is 36.4 Å². The van der Waals surface area contributed by atoms with Crippen LogP contribution in [0.1, 0.15) is 36.1 Å². The molecular formula is C21H27ClN2O4S. The van der Waals surface area contributed by atoms with Crippen LogP contribution in [0.25, 0.3) is 0 Å². The van der Waals surface area contributed by atoms with Gasteiger partial charge in [0.15, 0.2) is 0 Å². The van der Waals surface area contributed by atoms with E-state index in [1.165, 1.54) is 0 Å². The molecule has 2 aromatic rings. The average molecular weight is 439 g/mol. The number of hydrogen-bond donors (Lipinski definition) is 1. The van der Waals surface area contributed by atoms with Gasteiger partial charge in [0.2, 0.25) is 15.9 Å². The minimum absolute atomic E-state index is 0.236. The summed E-state index contributed by atoms with van der Waals surface area (Å²) in [7, 11) is -2.05. The van der Waals surface area contributed by atoms with Crippen LogP contribution < -0.4 is 14.4 Å². The summed E-state index contributed by atoms with van der Waals surface area (Å²) in [6.45, 7) is 5.34. The Morgan fingerprint density at radius 3 is 2.38 bits per heavy atom. The van der Waals surface area contributed by atoms with Gasteiger partial charge in [-0.3, -0.25) is 9.10 Å². The molecule has 1 atom stereocenters. The van der Waals surface area contributed by atoms with E-state index < -0.39 is 10.0 Å². The molecule has 0 aliphatic rings. The second kappa shape index (κ2) is 9.50. The number of aryl methyl sites for hydroxylation is 2. The maximum absolute atomic E-state index is 12.7. The van der Waals surface area contributed by atoms with Crippen molar-refractivity contribution in [3.05, 3.63) is 58.1 Å². The number of methoxy groups -OCH3 is 1. The quantitative estimate of drug-likeness (QED) is 0.675. The van der Waals surface area contributed by atoms with Gasteiger partial charge >= 0.3 is 0 Å². The largest absolute Gasteiger partial charge is 0.496 e. The van der Waals surface area contributed by atoms with E-state index in [9.17, 15) is 13.2 Å². The number of nitrogens with zero attached hydrogens (tertiary/aromatic N) is 1. The predicted octanol–water partition coefficient (Wildman–Crippen LogP) is 4.00. The van der Waals surface area contributed by atoms with Gasteiger partial charge in [-0.15, -0.1) is 0 Å². The molecular weight excluding hydrogens is 412 g/mol. The van der Waals surface area contributed by atoms with E-state index in [0.29, 0.717) is 22.7 Å². The number of rotatable bonds is 8. The zero-order valence-corrected chi connectivity index (χ0v) is 18.9. The van der Waals surface area contributed by atoms with Crippen LogP contribution in [-0.2, 0) is 14.8 Å². The first kappa shape index (κ1) is 23.0. The third-order valence-electron chi connectivity index (χ3n) is 4.68. The van der Waals surface area contributed by atoms with Crippen LogP contribution in [0.2, 0.25) is 5.02 Å². The number of sulfonamides is 1. The fourth-order valence-corrected chi connectivity index (χ4v) is 4.33. The van der Waals surface area contributed by atoms with Crippen molar-refractivity contribution in [2.75, 3.05) is 24.2 Å². The molecule has 0 saturated heterocycles. The van der Waals surface area contributed by atoms with Crippen molar-refractivity contribution in [1.29, 1.82) is 0 Å². The number of benzene rings is 2. The number of hydrogen-bond acceptors (Lipinski definition) is 4. The normalized spacial score (nSPS) is 12.3. The monoisotopic (exact) mass is 438 g/mol. The Hall–Kier alpha value is -2.25. The van der Waals surface area contributed by atoms with Crippen molar-refractivity contribution in [1.82, 2.24) is 5.32 Å². The number of amides is 1. The summed E-state index contributed by atoms with van der Waals surface area (Å²) in [6, 6.07) is 10.4. The second-order valence-electron chi connectivity index (χ2n) is 6.96. The summed E-state index contributed by atoms with van der Waals surface area (Å²) < 4.78 is 31.1. The maximum atomic E-state index is 12.7. The number of carbonyl (C=O) groups excluding carboxylic acids is 1. The molecule has 1 amide bonds. The summed E-state index contributed by atoms with van der Waals surface area (Å²) in [6.07, 6.45) is 1.74. The highest BCUT2D eigenvalue weighted by molar-refractivity contribution is 7.92. The van der Waals surface area contributed by atoms with E-state index in [2.05, 4.69) is 5.32 Å². The van der Waals surface area contributed by atoms with Crippen LogP contribution >= 0.6 is 11.6 Å². The van der Waals surface area contributed by atoms with Crippen molar-refractivity contribution >= 4 is 33.2 Å². The number of anilines is 1. The molecule has 0 saturated carbocycles. The SMILES string of the molecule is CC[C@@H](NC(=O)CN(c1ccc(Cl)cc1C)S(C)(=O)=O)c1ccc(OC)c(C)c1. The van der Waals surface area contributed by atoms with Crippen molar-refractivity contribution in [3.63, 3.8) is 0 Å². The molecule has 2 aromatic carbocycles. The summed E-state index contributed by atoms with van der Waals surface area (Å²) in [4.78, 5) is 12.7. The Morgan fingerprint density at radius 1 is 1.17 bits per heavy atom. The van der Waals surface area contributed by atoms with Gasteiger partial charge in [-0.2, -0.15) is 0 Å². The van der Waals surface area contributed by atoms with Gasteiger partial charge in [0.05, 0.1) is 25.1 Å². The molecule has 0 aliphatic heterocycles. The highest BCUT2D eigenvalue weighted by atomic mass is 35.5. The Balaban J connectivity index is 2.24. The third-order valence-corrected chi connectivity index (χ3v) is 6.04. The molecule has 0 aromatic heterocycles. The van der Waals surface area contributed by atoms with Crippen molar-refractivity contribution < 1.29 is 17.9 Å². The summed E-state index contributed by atoms with van der Waals surface area (Å²) in [5.41, 5.74) is 3.01. The third kappa shape index (κ3) is 5.87. The van der Waals surface area contributed by atoms with E-state index >= 15 is 0 Å². The Bertz CT molecular complexity index is 992. The highest BCUT2D eigenvalue weighted by Crippen LogP contribution is 2.27. The van der Waals surface area contributed by atoms with Gasteiger partial charge in [0, 0.05) is 5.02 Å². The molecule has 6 nitrogen and oxygen atoms in total. The summed E-state index contributed by atoms with van der Waals surface area (Å²) in [5.74, 6) is 0.390. The maximum Gasteiger partial charge on any atom is 0.241 e. The molecule has 0 heterocycles. The average Bonchev–Trinajstić information content (AvgIpc) is 2.64. The Kier molecular flexibility index (Phi) is 7.54. The fourth-order valence-electron chi connectivity index (χ4n) is 3.19. The number of ether oxygens (including phenoxy) is 1. The zero-order valence-electron chi connectivity index (χ0n) is 17.3. The zero-order chi connectivity index (χ0) is 21.8. The first-order valence-corrected chi connectivity index (χ1v) is 11.5. The van der Waals surface area contributed by atoms with E-state index in [1.54, 1.807) is 32.2 Å². The highest BCUT2D eigenvalue weighted by Gasteiger charge is 2.24. The molecule has 29 heavy (non-hydrogen) atoms. The summed E-state index contributed by atoms with van der Waals surface area (Å²) in [5, 5.41) is 3.44. The molecule has 8 heteroatoms. The molecule has 1 N–H and O–H groups in total. The van der Waals surface area contributed by atoms with Gasteiger partial charge in [-0.25, -0.2) is 8.42 Å². The van der Waals surface area contributed by atoms with Crippen LogP contribution in [0, 0.1) is 13.8 Å². The van der Waals surface area contributed by atoms with E-state index in [-0.39, 0.29) is 18.5 Å². The van der Waals surface area contributed by atoms with Crippen LogP contribution in [-0.4, -0.2) is 34.2 Å². The van der Waals surface area contributed by atoms with Crippen molar-refractivity contribution in [3.8, 4) is 5.75 Å². The molecule has 0 aliphatic carbocycles. The van der Waals surface area contributed by atoms with E-state index in [4.69, 9.17) is 16.3 Å². The van der Waals surface area contributed by atoms with E-state index in [0.717, 1.165) is 27.4 Å². The van der Waals surface area contributed by atoms with Crippen molar-refractivity contribution in [2.45, 2.75) is 33.2 Å². The van der Waals surface area contributed by atoms with Gasteiger partial charge in [-0.1, -0.05) is 30.7 Å². The Morgan fingerprint density at radius 2 is 1.86 bits per heavy atom. The summed E-state index contributed by atoms with van der Waals surface area (Å²) >= 11 is 5.98. The minimum Gasteiger partial charge on any atom is -0.496 e. The lowest BCUT2D eigenvalue weighted by molar-refractivity contribution is -0.120.